The second-order valence-electron chi connectivity index (χ2n) is 11.0. The normalized spacial score (nSPS) is 12.7. The Labute approximate surface area is 248 Å². The van der Waals surface area contributed by atoms with Gasteiger partial charge in [0.2, 0.25) is 0 Å². The van der Waals surface area contributed by atoms with Crippen LogP contribution in [-0.4, -0.2) is 6.71 Å². The Bertz CT molecular complexity index is 2130. The molecule has 3 heterocycles. The van der Waals surface area contributed by atoms with Crippen molar-refractivity contribution in [3.8, 4) is 23.0 Å². The van der Waals surface area contributed by atoms with Crippen molar-refractivity contribution in [2.24, 2.45) is 0 Å². The molecule has 6 aromatic carbocycles. The number of hydrogen-bond acceptors (Lipinski definition) is 4. The highest BCUT2D eigenvalue weighted by Gasteiger charge is 2.40. The highest BCUT2D eigenvalue weighted by atomic mass is 32.1. The summed E-state index contributed by atoms with van der Waals surface area (Å²) in [5.74, 6) is 3.62. The first kappa shape index (κ1) is 23.7. The van der Waals surface area contributed by atoms with Crippen LogP contribution in [0.4, 0.5) is 17.1 Å². The maximum absolute atomic E-state index is 6.64. The van der Waals surface area contributed by atoms with E-state index in [1.54, 1.807) is 0 Å². The number of para-hydroxylation sites is 3. The van der Waals surface area contributed by atoms with Gasteiger partial charge in [-0.25, -0.2) is 0 Å². The maximum atomic E-state index is 6.64. The minimum Gasteiger partial charge on any atom is -0.458 e. The van der Waals surface area contributed by atoms with Crippen LogP contribution in [0.1, 0.15) is 5.56 Å². The van der Waals surface area contributed by atoms with Crippen LogP contribution in [-0.2, 0) is 0 Å². The number of ether oxygens (including phenoxy) is 2. The van der Waals surface area contributed by atoms with Gasteiger partial charge in [-0.2, -0.15) is 0 Å². The SMILES string of the molecule is Cc1cc2c3c(c1)Oc1cc4c(cc1B3c1ccccc1O2)sc1cc(N(c2ccccc2)c2ccccc2)ccc14. The zero-order valence-corrected chi connectivity index (χ0v) is 23.7. The van der Waals surface area contributed by atoms with Gasteiger partial charge in [-0.1, -0.05) is 60.7 Å². The quantitative estimate of drug-likeness (QED) is 0.203. The zero-order valence-electron chi connectivity index (χ0n) is 22.9. The van der Waals surface area contributed by atoms with Crippen LogP contribution in [0, 0.1) is 6.92 Å². The zero-order chi connectivity index (χ0) is 27.8. The standard InChI is InChI=1S/C37H24BNO2S/c1-23-18-33-37-34(19-23)41-32-21-28-27-17-16-26(39(24-10-4-2-5-11-24)25-12-6-3-7-13-25)20-35(27)42-36(28)22-30(32)38(37)29-14-8-9-15-31(29)40-33/h2-22H,1H3. The van der Waals surface area contributed by atoms with E-state index in [2.05, 4.69) is 133 Å². The summed E-state index contributed by atoms with van der Waals surface area (Å²) in [5, 5.41) is 2.47. The molecule has 198 valence electrons. The average Bonchev–Trinajstić information content (AvgIpc) is 3.37. The smallest absolute Gasteiger partial charge is 0.260 e. The molecule has 0 unspecified atom stereocenters. The molecular weight excluding hydrogens is 533 g/mol. The number of nitrogens with zero attached hydrogens (tertiary/aromatic N) is 1. The first-order valence-electron chi connectivity index (χ1n) is 14.2. The van der Waals surface area contributed by atoms with E-state index in [1.807, 2.05) is 17.4 Å². The second-order valence-corrected chi connectivity index (χ2v) is 12.1. The Morgan fingerprint density at radius 1 is 0.524 bits per heavy atom. The minimum atomic E-state index is 0.0705. The molecule has 42 heavy (non-hydrogen) atoms. The van der Waals surface area contributed by atoms with Crippen LogP contribution in [0.25, 0.3) is 20.2 Å². The lowest BCUT2D eigenvalue weighted by Gasteiger charge is -2.33. The topological polar surface area (TPSA) is 21.7 Å². The lowest BCUT2D eigenvalue weighted by atomic mass is 9.35. The third-order valence-electron chi connectivity index (χ3n) is 8.39. The van der Waals surface area contributed by atoms with E-state index in [0.717, 1.165) is 51.1 Å². The first-order chi connectivity index (χ1) is 20.7. The minimum absolute atomic E-state index is 0.0705. The first-order valence-corrected chi connectivity index (χ1v) is 15.0. The molecule has 0 atom stereocenters. The molecule has 9 rings (SSSR count). The summed E-state index contributed by atoms with van der Waals surface area (Å²) in [7, 11) is 0. The number of anilines is 3. The molecule has 0 bridgehead atoms. The fourth-order valence-corrected chi connectivity index (χ4v) is 7.74. The summed E-state index contributed by atoms with van der Waals surface area (Å²) in [6.07, 6.45) is 0. The van der Waals surface area contributed by atoms with Crippen molar-refractivity contribution in [1.29, 1.82) is 0 Å². The lowest BCUT2D eigenvalue weighted by molar-refractivity contribution is 0.464. The highest BCUT2D eigenvalue weighted by molar-refractivity contribution is 7.26. The molecule has 7 aromatic rings. The lowest BCUT2D eigenvalue weighted by Crippen LogP contribution is -2.57. The Morgan fingerprint density at radius 3 is 1.90 bits per heavy atom. The number of aryl methyl sites for hydroxylation is 1. The summed E-state index contributed by atoms with van der Waals surface area (Å²) < 4.78 is 15.5. The fraction of sp³-hybridized carbons (Fsp3) is 0.0270. The maximum Gasteiger partial charge on any atom is 0.260 e. The molecule has 0 saturated carbocycles. The van der Waals surface area contributed by atoms with Crippen LogP contribution < -0.4 is 30.8 Å². The molecule has 0 saturated heterocycles. The molecule has 0 aliphatic carbocycles. The van der Waals surface area contributed by atoms with Crippen molar-refractivity contribution in [1.82, 2.24) is 0 Å². The van der Waals surface area contributed by atoms with Gasteiger partial charge in [0.05, 0.1) is 0 Å². The van der Waals surface area contributed by atoms with Crippen molar-refractivity contribution in [2.45, 2.75) is 6.92 Å². The van der Waals surface area contributed by atoms with Gasteiger partial charge in [-0.15, -0.1) is 11.3 Å². The van der Waals surface area contributed by atoms with Gasteiger partial charge in [0.25, 0.3) is 6.71 Å². The molecule has 0 spiro atoms. The fourth-order valence-electron chi connectivity index (χ4n) is 6.57. The van der Waals surface area contributed by atoms with Gasteiger partial charge >= 0.3 is 0 Å². The molecule has 2 aliphatic heterocycles. The molecule has 1 aromatic heterocycles. The van der Waals surface area contributed by atoms with Gasteiger partial charge in [-0.05, 0) is 90.1 Å². The number of hydrogen-bond donors (Lipinski definition) is 0. The molecule has 0 amide bonds. The van der Waals surface area contributed by atoms with Crippen molar-refractivity contribution < 1.29 is 9.47 Å². The van der Waals surface area contributed by atoms with Gasteiger partial charge in [-0.3, -0.25) is 0 Å². The van der Waals surface area contributed by atoms with Crippen LogP contribution in [0.3, 0.4) is 0 Å². The van der Waals surface area contributed by atoms with Crippen LogP contribution in [0.2, 0.25) is 0 Å². The molecule has 0 N–H and O–H groups in total. The van der Waals surface area contributed by atoms with E-state index in [1.165, 1.54) is 31.1 Å². The summed E-state index contributed by atoms with van der Waals surface area (Å²) in [6.45, 7) is 2.16. The number of rotatable bonds is 3. The van der Waals surface area contributed by atoms with E-state index in [0.29, 0.717) is 0 Å². The van der Waals surface area contributed by atoms with Gasteiger partial charge in [0, 0.05) is 42.7 Å². The second kappa shape index (κ2) is 9.00. The molecule has 0 fully saturated rings. The van der Waals surface area contributed by atoms with Gasteiger partial charge in [0.1, 0.15) is 23.0 Å². The van der Waals surface area contributed by atoms with Crippen molar-refractivity contribution in [3.05, 3.63) is 133 Å². The summed E-state index contributed by atoms with van der Waals surface area (Å²) in [6, 6.07) is 45.2. The number of fused-ring (bicyclic) bond motifs is 7. The van der Waals surface area contributed by atoms with E-state index in [-0.39, 0.29) is 6.71 Å². The monoisotopic (exact) mass is 557 g/mol. The van der Waals surface area contributed by atoms with Crippen molar-refractivity contribution >= 4 is 71.7 Å². The van der Waals surface area contributed by atoms with Gasteiger partial charge in [0.15, 0.2) is 0 Å². The number of thiophene rings is 1. The Kier molecular flexibility index (Phi) is 5.08. The number of benzene rings is 6. The Hall–Kier alpha value is -5.00. The van der Waals surface area contributed by atoms with E-state index in [9.17, 15) is 0 Å². The van der Waals surface area contributed by atoms with Crippen molar-refractivity contribution in [2.75, 3.05) is 4.90 Å². The third-order valence-corrected chi connectivity index (χ3v) is 9.51. The molecule has 0 radical (unpaired) electrons. The molecular formula is C37H24BNO2S. The third kappa shape index (κ3) is 3.54. The van der Waals surface area contributed by atoms with Crippen LogP contribution in [0.5, 0.6) is 23.0 Å². The Morgan fingerprint density at radius 2 is 1.17 bits per heavy atom. The predicted octanol–water partition coefficient (Wildman–Crippen LogP) is 8.56. The van der Waals surface area contributed by atoms with Gasteiger partial charge < -0.3 is 14.4 Å². The van der Waals surface area contributed by atoms with Crippen LogP contribution in [0.15, 0.2) is 127 Å². The predicted molar refractivity (Wildman–Crippen MR) is 176 cm³/mol. The summed E-state index contributed by atoms with van der Waals surface area (Å²) in [4.78, 5) is 2.32. The molecule has 5 heteroatoms. The molecule has 2 aliphatic rings. The Balaban J connectivity index is 1.23. The summed E-state index contributed by atoms with van der Waals surface area (Å²) in [5.41, 5.74) is 8.03. The van der Waals surface area contributed by atoms with Crippen molar-refractivity contribution in [3.63, 3.8) is 0 Å². The largest absolute Gasteiger partial charge is 0.458 e. The summed E-state index contributed by atoms with van der Waals surface area (Å²) >= 11 is 1.84. The van der Waals surface area contributed by atoms with Crippen LogP contribution >= 0.6 is 11.3 Å². The van der Waals surface area contributed by atoms with E-state index in [4.69, 9.17) is 9.47 Å². The van der Waals surface area contributed by atoms with E-state index >= 15 is 0 Å². The highest BCUT2D eigenvalue weighted by Crippen LogP contribution is 2.43. The van der Waals surface area contributed by atoms with E-state index < -0.39 is 0 Å². The molecule has 3 nitrogen and oxygen atoms in total. The average molecular weight is 557 g/mol.